The minimum atomic E-state index is -4.05. The van der Waals surface area contributed by atoms with Gasteiger partial charge in [-0.1, -0.05) is 0 Å². The first-order valence-electron chi connectivity index (χ1n) is 8.05. The Kier molecular flexibility index (Phi) is 6.35. The third-order valence-corrected chi connectivity index (χ3v) is 4.15. The molecule has 0 bridgehead atoms. The van der Waals surface area contributed by atoms with Crippen molar-refractivity contribution in [3.63, 3.8) is 0 Å². The Balaban J connectivity index is 1.73. The van der Waals surface area contributed by atoms with Crippen LogP contribution in [0.15, 0.2) is 12.4 Å². The number of hydrogen-bond acceptors (Lipinski definition) is 4. The van der Waals surface area contributed by atoms with E-state index in [9.17, 15) is 13.2 Å². The van der Waals surface area contributed by atoms with Gasteiger partial charge in [-0.3, -0.25) is 9.97 Å². The standard InChI is InChI=1S/C16H25F3N4/c1-22(2)12-15-11-20-14(10-21-15)9-13-3-6-23(7-4-13)8-5-16(17,18)19/h10-11,13H,3-9,12H2,1-2H3. The highest BCUT2D eigenvalue weighted by atomic mass is 19.4. The van der Waals surface area contributed by atoms with E-state index < -0.39 is 12.6 Å². The number of hydrogen-bond donors (Lipinski definition) is 0. The lowest BCUT2D eigenvalue weighted by Gasteiger charge is -2.32. The van der Waals surface area contributed by atoms with Crippen molar-refractivity contribution in [3.05, 3.63) is 23.8 Å². The SMILES string of the molecule is CN(C)Cc1cnc(CC2CCN(CCC(F)(F)F)CC2)cn1. The first-order chi connectivity index (χ1) is 10.8. The van der Waals surface area contributed by atoms with E-state index in [0.717, 1.165) is 50.3 Å². The Bertz CT molecular complexity index is 465. The highest BCUT2D eigenvalue weighted by molar-refractivity contribution is 5.03. The molecule has 1 aliphatic heterocycles. The lowest BCUT2D eigenvalue weighted by molar-refractivity contribution is -0.138. The number of alkyl halides is 3. The van der Waals surface area contributed by atoms with Gasteiger partial charge in [-0.15, -0.1) is 0 Å². The van der Waals surface area contributed by atoms with Crippen LogP contribution in [0.2, 0.25) is 0 Å². The van der Waals surface area contributed by atoms with Gasteiger partial charge in [0.05, 0.1) is 24.0 Å². The molecular weight excluding hydrogens is 305 g/mol. The molecule has 2 rings (SSSR count). The molecule has 1 saturated heterocycles. The number of rotatable bonds is 6. The molecule has 2 heterocycles. The fraction of sp³-hybridized carbons (Fsp3) is 0.750. The second kappa shape index (κ2) is 8.06. The molecule has 0 amide bonds. The van der Waals surface area contributed by atoms with Crippen molar-refractivity contribution in [1.82, 2.24) is 19.8 Å². The molecule has 1 fully saturated rings. The van der Waals surface area contributed by atoms with Crippen LogP contribution in [0.25, 0.3) is 0 Å². The van der Waals surface area contributed by atoms with Crippen molar-refractivity contribution >= 4 is 0 Å². The van der Waals surface area contributed by atoms with Gasteiger partial charge in [0.2, 0.25) is 0 Å². The fourth-order valence-electron chi connectivity index (χ4n) is 2.89. The highest BCUT2D eigenvalue weighted by Gasteiger charge is 2.29. The smallest absolute Gasteiger partial charge is 0.304 e. The van der Waals surface area contributed by atoms with Crippen molar-refractivity contribution in [2.45, 2.75) is 38.4 Å². The summed E-state index contributed by atoms with van der Waals surface area (Å²) in [5, 5.41) is 0. The molecule has 0 aromatic carbocycles. The van der Waals surface area contributed by atoms with E-state index in [1.54, 1.807) is 0 Å². The molecule has 0 radical (unpaired) electrons. The normalized spacial score (nSPS) is 17.8. The molecule has 0 unspecified atom stereocenters. The lowest BCUT2D eigenvalue weighted by atomic mass is 9.92. The van der Waals surface area contributed by atoms with Crippen LogP contribution in [0.3, 0.4) is 0 Å². The van der Waals surface area contributed by atoms with Crippen LogP contribution in [-0.4, -0.2) is 59.7 Å². The van der Waals surface area contributed by atoms with Crippen LogP contribution in [0, 0.1) is 5.92 Å². The summed E-state index contributed by atoms with van der Waals surface area (Å²) in [5.41, 5.74) is 1.92. The second-order valence-electron chi connectivity index (χ2n) is 6.59. The minimum Gasteiger partial charge on any atom is -0.304 e. The quantitative estimate of drug-likeness (QED) is 0.803. The van der Waals surface area contributed by atoms with Gasteiger partial charge in [0, 0.05) is 19.3 Å². The van der Waals surface area contributed by atoms with Gasteiger partial charge in [0.25, 0.3) is 0 Å². The summed E-state index contributed by atoms with van der Waals surface area (Å²) >= 11 is 0. The van der Waals surface area contributed by atoms with Crippen molar-refractivity contribution in [2.75, 3.05) is 33.7 Å². The van der Waals surface area contributed by atoms with Gasteiger partial charge in [0.1, 0.15) is 0 Å². The monoisotopic (exact) mass is 330 g/mol. The molecule has 1 aromatic rings. The molecule has 23 heavy (non-hydrogen) atoms. The van der Waals surface area contributed by atoms with Gasteiger partial charge >= 0.3 is 6.18 Å². The van der Waals surface area contributed by atoms with E-state index in [1.807, 2.05) is 36.3 Å². The van der Waals surface area contributed by atoms with Crippen LogP contribution in [0.4, 0.5) is 13.2 Å². The van der Waals surface area contributed by atoms with Crippen molar-refractivity contribution in [1.29, 1.82) is 0 Å². The van der Waals surface area contributed by atoms with Crippen LogP contribution in [-0.2, 0) is 13.0 Å². The Labute approximate surface area is 135 Å². The van der Waals surface area contributed by atoms with Gasteiger partial charge in [-0.25, -0.2) is 0 Å². The zero-order valence-electron chi connectivity index (χ0n) is 13.8. The molecule has 0 saturated carbocycles. The predicted octanol–water partition coefficient (Wildman–Crippen LogP) is 2.75. The number of halogens is 3. The van der Waals surface area contributed by atoms with E-state index in [0.29, 0.717) is 5.92 Å². The minimum absolute atomic E-state index is 0.120. The second-order valence-corrected chi connectivity index (χ2v) is 6.59. The molecule has 130 valence electrons. The van der Waals surface area contributed by atoms with Crippen LogP contribution in [0.1, 0.15) is 30.7 Å². The maximum atomic E-state index is 12.2. The molecule has 0 aliphatic carbocycles. The Morgan fingerprint density at radius 3 is 2.26 bits per heavy atom. The third-order valence-electron chi connectivity index (χ3n) is 4.15. The Morgan fingerprint density at radius 1 is 1.13 bits per heavy atom. The molecule has 1 aliphatic rings. The summed E-state index contributed by atoms with van der Waals surface area (Å²) in [6, 6.07) is 0. The average molecular weight is 330 g/mol. The van der Waals surface area contributed by atoms with Crippen molar-refractivity contribution < 1.29 is 13.2 Å². The van der Waals surface area contributed by atoms with Gasteiger partial charge in [-0.2, -0.15) is 13.2 Å². The zero-order chi connectivity index (χ0) is 16.9. The van der Waals surface area contributed by atoms with E-state index in [4.69, 9.17) is 0 Å². The maximum Gasteiger partial charge on any atom is 0.390 e. The summed E-state index contributed by atoms with van der Waals surface area (Å²) in [5.74, 6) is 0.492. The van der Waals surface area contributed by atoms with Crippen LogP contribution < -0.4 is 0 Å². The fourth-order valence-corrected chi connectivity index (χ4v) is 2.89. The zero-order valence-corrected chi connectivity index (χ0v) is 13.8. The Morgan fingerprint density at radius 2 is 1.74 bits per heavy atom. The number of aromatic nitrogens is 2. The van der Waals surface area contributed by atoms with E-state index in [-0.39, 0.29) is 6.54 Å². The molecular formula is C16H25F3N4. The van der Waals surface area contributed by atoms with E-state index >= 15 is 0 Å². The first-order valence-corrected chi connectivity index (χ1v) is 8.05. The molecule has 0 spiro atoms. The molecule has 1 aromatic heterocycles. The molecule has 0 N–H and O–H groups in total. The van der Waals surface area contributed by atoms with E-state index in [1.165, 1.54) is 0 Å². The summed E-state index contributed by atoms with van der Waals surface area (Å²) in [4.78, 5) is 12.8. The summed E-state index contributed by atoms with van der Waals surface area (Å²) in [7, 11) is 3.98. The number of nitrogens with zero attached hydrogens (tertiary/aromatic N) is 4. The lowest BCUT2D eigenvalue weighted by Crippen LogP contribution is -2.36. The summed E-state index contributed by atoms with van der Waals surface area (Å²) in [6.45, 7) is 2.37. The van der Waals surface area contributed by atoms with Gasteiger partial charge in [0.15, 0.2) is 0 Å². The van der Waals surface area contributed by atoms with Gasteiger partial charge < -0.3 is 9.80 Å². The van der Waals surface area contributed by atoms with Crippen molar-refractivity contribution in [2.24, 2.45) is 5.92 Å². The summed E-state index contributed by atoms with van der Waals surface area (Å²) in [6.07, 6.45) is 1.60. The number of piperidine rings is 1. The number of likely N-dealkylation sites (tertiary alicyclic amines) is 1. The first kappa shape index (κ1) is 18.1. The Hall–Kier alpha value is -1.21. The van der Waals surface area contributed by atoms with Gasteiger partial charge in [-0.05, 0) is 52.4 Å². The predicted molar refractivity (Wildman–Crippen MR) is 83.0 cm³/mol. The molecule has 4 nitrogen and oxygen atoms in total. The average Bonchev–Trinajstić information content (AvgIpc) is 2.47. The summed E-state index contributed by atoms with van der Waals surface area (Å²) < 4.78 is 36.7. The largest absolute Gasteiger partial charge is 0.390 e. The topological polar surface area (TPSA) is 32.3 Å². The molecule has 7 heteroatoms. The van der Waals surface area contributed by atoms with Crippen LogP contribution in [0.5, 0.6) is 0 Å². The molecule has 0 atom stereocenters. The van der Waals surface area contributed by atoms with Crippen molar-refractivity contribution in [3.8, 4) is 0 Å². The van der Waals surface area contributed by atoms with Crippen LogP contribution >= 0.6 is 0 Å². The maximum absolute atomic E-state index is 12.2. The third kappa shape index (κ3) is 6.83. The van der Waals surface area contributed by atoms with E-state index in [2.05, 4.69) is 9.97 Å². The highest BCUT2D eigenvalue weighted by Crippen LogP contribution is 2.24.